The van der Waals surface area contributed by atoms with Crippen LogP contribution in [0.2, 0.25) is 0 Å². The largest absolute Gasteiger partial charge is 0.390 e. The fourth-order valence-corrected chi connectivity index (χ4v) is 2.82. The second kappa shape index (κ2) is 5.48. The van der Waals surface area contributed by atoms with Crippen molar-refractivity contribution in [2.24, 2.45) is 11.8 Å². The minimum Gasteiger partial charge on any atom is -0.390 e. The lowest BCUT2D eigenvalue weighted by Gasteiger charge is -2.26. The van der Waals surface area contributed by atoms with Gasteiger partial charge >= 0.3 is 0 Å². The summed E-state index contributed by atoms with van der Waals surface area (Å²) >= 11 is 0. The molecule has 0 bridgehead atoms. The number of aromatic nitrogens is 2. The van der Waals surface area contributed by atoms with E-state index < -0.39 is 0 Å². The second-order valence-electron chi connectivity index (χ2n) is 5.16. The molecule has 2 rings (SSSR count). The zero-order chi connectivity index (χ0) is 11.4. The van der Waals surface area contributed by atoms with E-state index in [1.165, 1.54) is 32.1 Å². The van der Waals surface area contributed by atoms with Gasteiger partial charge in [-0.25, -0.2) is 4.98 Å². The Kier molecular flexibility index (Phi) is 3.99. The highest BCUT2D eigenvalue weighted by atomic mass is 16.3. The van der Waals surface area contributed by atoms with Gasteiger partial charge in [-0.2, -0.15) is 0 Å². The van der Waals surface area contributed by atoms with Crippen LogP contribution in [0.3, 0.4) is 0 Å². The Morgan fingerprint density at radius 2 is 2.38 bits per heavy atom. The normalized spacial score (nSPS) is 25.9. The summed E-state index contributed by atoms with van der Waals surface area (Å²) in [6, 6.07) is 0. The quantitative estimate of drug-likeness (QED) is 0.850. The molecule has 1 heterocycles. The van der Waals surface area contributed by atoms with E-state index in [2.05, 4.69) is 16.5 Å². The number of aryl methyl sites for hydroxylation is 1. The summed E-state index contributed by atoms with van der Waals surface area (Å²) in [6.45, 7) is 3.47. The molecular weight excluding hydrogens is 200 g/mol. The summed E-state index contributed by atoms with van der Waals surface area (Å²) in [4.78, 5) is 4.07. The van der Waals surface area contributed by atoms with Gasteiger partial charge in [-0.1, -0.05) is 26.2 Å². The minimum atomic E-state index is 0.0983. The van der Waals surface area contributed by atoms with Gasteiger partial charge in [0.15, 0.2) is 0 Å². The van der Waals surface area contributed by atoms with Crippen LogP contribution < -0.4 is 0 Å². The molecular formula is C13H22N2O. The third-order valence-corrected chi connectivity index (χ3v) is 3.78. The van der Waals surface area contributed by atoms with Crippen LogP contribution in [0.1, 0.15) is 44.7 Å². The molecule has 0 aromatic carbocycles. The number of nitrogens with zero attached hydrogens (tertiary/aromatic N) is 2. The van der Waals surface area contributed by atoms with Crippen molar-refractivity contribution in [3.05, 3.63) is 18.2 Å². The summed E-state index contributed by atoms with van der Waals surface area (Å²) in [5, 5.41) is 9.13. The molecule has 1 aliphatic rings. The van der Waals surface area contributed by atoms with Gasteiger partial charge in [-0.3, -0.25) is 0 Å². The first kappa shape index (κ1) is 11.6. The van der Waals surface area contributed by atoms with Gasteiger partial charge in [-0.05, 0) is 24.7 Å². The maximum Gasteiger partial charge on any atom is 0.0948 e. The molecule has 0 radical (unpaired) electrons. The van der Waals surface area contributed by atoms with E-state index in [-0.39, 0.29) is 6.61 Å². The minimum absolute atomic E-state index is 0.0983. The number of aliphatic hydroxyl groups excluding tert-OH is 1. The molecule has 1 aromatic rings. The Bertz CT molecular complexity index is 321. The van der Waals surface area contributed by atoms with Crippen LogP contribution in [0.4, 0.5) is 0 Å². The Balaban J connectivity index is 1.82. The lowest BCUT2D eigenvalue weighted by molar-refractivity contribution is 0.250. The first-order valence-electron chi connectivity index (χ1n) is 6.39. The Labute approximate surface area is 97.5 Å². The first-order valence-corrected chi connectivity index (χ1v) is 6.39. The van der Waals surface area contributed by atoms with Crippen molar-refractivity contribution < 1.29 is 5.11 Å². The molecule has 1 N–H and O–H groups in total. The van der Waals surface area contributed by atoms with E-state index in [0.717, 1.165) is 24.1 Å². The molecule has 3 heteroatoms. The monoisotopic (exact) mass is 222 g/mol. The fourth-order valence-electron chi connectivity index (χ4n) is 2.82. The number of hydrogen-bond donors (Lipinski definition) is 1. The second-order valence-corrected chi connectivity index (χ2v) is 5.16. The molecule has 16 heavy (non-hydrogen) atoms. The summed E-state index contributed by atoms with van der Waals surface area (Å²) in [6.07, 6.45) is 10.4. The van der Waals surface area contributed by atoms with Crippen molar-refractivity contribution in [3.8, 4) is 0 Å². The van der Waals surface area contributed by atoms with Crippen LogP contribution in [0.15, 0.2) is 12.5 Å². The summed E-state index contributed by atoms with van der Waals surface area (Å²) in [5.41, 5.74) is 0.934. The molecule has 2 atom stereocenters. The van der Waals surface area contributed by atoms with Crippen molar-refractivity contribution in [3.63, 3.8) is 0 Å². The van der Waals surface area contributed by atoms with Gasteiger partial charge in [0.25, 0.3) is 0 Å². The van der Waals surface area contributed by atoms with Crippen LogP contribution in [0.5, 0.6) is 0 Å². The van der Waals surface area contributed by atoms with Crippen molar-refractivity contribution in [2.75, 3.05) is 0 Å². The van der Waals surface area contributed by atoms with Crippen LogP contribution in [-0.2, 0) is 13.2 Å². The average molecular weight is 222 g/mol. The number of hydrogen-bond acceptors (Lipinski definition) is 2. The molecule has 0 aliphatic heterocycles. The van der Waals surface area contributed by atoms with Crippen molar-refractivity contribution in [2.45, 2.75) is 52.2 Å². The van der Waals surface area contributed by atoms with Crippen molar-refractivity contribution in [1.29, 1.82) is 0 Å². The zero-order valence-corrected chi connectivity index (χ0v) is 10.1. The number of rotatable bonds is 4. The molecule has 0 saturated heterocycles. The van der Waals surface area contributed by atoms with E-state index in [1.54, 1.807) is 6.20 Å². The predicted molar refractivity (Wildman–Crippen MR) is 63.9 cm³/mol. The Morgan fingerprint density at radius 3 is 3.12 bits per heavy atom. The molecule has 1 saturated carbocycles. The van der Waals surface area contributed by atoms with Gasteiger partial charge in [0, 0.05) is 6.54 Å². The van der Waals surface area contributed by atoms with Crippen molar-refractivity contribution >= 4 is 0 Å². The molecule has 2 unspecified atom stereocenters. The van der Waals surface area contributed by atoms with Crippen LogP contribution in [0, 0.1) is 11.8 Å². The highest BCUT2D eigenvalue weighted by Gasteiger charge is 2.18. The molecule has 1 aromatic heterocycles. The average Bonchev–Trinajstić information content (AvgIpc) is 2.74. The molecule has 1 aliphatic carbocycles. The number of aliphatic hydroxyl groups is 1. The van der Waals surface area contributed by atoms with Gasteiger partial charge in [-0.15, -0.1) is 0 Å². The van der Waals surface area contributed by atoms with E-state index >= 15 is 0 Å². The molecule has 1 fully saturated rings. The zero-order valence-electron chi connectivity index (χ0n) is 10.1. The maximum absolute atomic E-state index is 9.13. The van der Waals surface area contributed by atoms with E-state index in [1.807, 2.05) is 6.33 Å². The topological polar surface area (TPSA) is 38.0 Å². The van der Waals surface area contributed by atoms with Crippen LogP contribution in [-0.4, -0.2) is 14.7 Å². The molecule has 90 valence electrons. The SMILES string of the molecule is CC1CCCC(CCn2cncc2CO)C1. The third kappa shape index (κ3) is 2.85. The maximum atomic E-state index is 9.13. The summed E-state index contributed by atoms with van der Waals surface area (Å²) in [5.74, 6) is 1.77. The van der Waals surface area contributed by atoms with Crippen LogP contribution >= 0.6 is 0 Å². The Hall–Kier alpha value is -0.830. The summed E-state index contributed by atoms with van der Waals surface area (Å²) < 4.78 is 2.08. The fraction of sp³-hybridized carbons (Fsp3) is 0.769. The lowest BCUT2D eigenvalue weighted by Crippen LogP contribution is -2.15. The van der Waals surface area contributed by atoms with Gasteiger partial charge in [0.05, 0.1) is 24.8 Å². The van der Waals surface area contributed by atoms with Gasteiger partial charge < -0.3 is 9.67 Å². The molecule has 0 spiro atoms. The highest BCUT2D eigenvalue weighted by Crippen LogP contribution is 2.30. The standard InChI is InChI=1S/C13H22N2O/c1-11-3-2-4-12(7-11)5-6-15-10-14-8-13(15)9-16/h8,10-12,16H,2-7,9H2,1H3. The molecule has 3 nitrogen and oxygen atoms in total. The lowest BCUT2D eigenvalue weighted by atomic mass is 9.81. The van der Waals surface area contributed by atoms with Gasteiger partial charge in [0.1, 0.15) is 0 Å². The molecule has 0 amide bonds. The summed E-state index contributed by atoms with van der Waals surface area (Å²) in [7, 11) is 0. The third-order valence-electron chi connectivity index (χ3n) is 3.78. The van der Waals surface area contributed by atoms with Crippen LogP contribution in [0.25, 0.3) is 0 Å². The van der Waals surface area contributed by atoms with E-state index in [4.69, 9.17) is 5.11 Å². The number of imidazole rings is 1. The van der Waals surface area contributed by atoms with Gasteiger partial charge in [0.2, 0.25) is 0 Å². The first-order chi connectivity index (χ1) is 7.79. The smallest absolute Gasteiger partial charge is 0.0948 e. The highest BCUT2D eigenvalue weighted by molar-refractivity contribution is 4.95. The Morgan fingerprint density at radius 1 is 1.50 bits per heavy atom. The predicted octanol–water partition coefficient (Wildman–Crippen LogP) is 2.59. The van der Waals surface area contributed by atoms with Crippen molar-refractivity contribution in [1.82, 2.24) is 9.55 Å². The van der Waals surface area contributed by atoms with E-state index in [0.29, 0.717) is 0 Å². The van der Waals surface area contributed by atoms with E-state index in [9.17, 15) is 0 Å².